The number of aliphatic hydroxyl groups is 1. The minimum Gasteiger partial charge on any atom is -0.508 e. The van der Waals surface area contributed by atoms with E-state index in [4.69, 9.17) is 10.1 Å². The Morgan fingerprint density at radius 3 is 2.42 bits per heavy atom. The van der Waals surface area contributed by atoms with Crippen molar-refractivity contribution < 1.29 is 15.3 Å². The number of aromatic nitrogens is 1. The fourth-order valence-electron chi connectivity index (χ4n) is 4.90. The second-order valence-electron chi connectivity index (χ2n) is 8.95. The Hall–Kier alpha value is -2.90. The molecule has 3 aromatic rings. The highest BCUT2D eigenvalue weighted by Crippen LogP contribution is 2.54. The summed E-state index contributed by atoms with van der Waals surface area (Å²) >= 11 is 1.53. The molecular weight excluding hydrogens is 434 g/mol. The van der Waals surface area contributed by atoms with Crippen LogP contribution in [0.1, 0.15) is 66.1 Å². The monoisotopic (exact) mass is 467 g/mol. The molecule has 0 unspecified atom stereocenters. The zero-order valence-electron chi connectivity index (χ0n) is 19.9. The smallest absolute Gasteiger partial charge is 0.203 e. The second-order valence-corrected chi connectivity index (χ2v) is 9.80. The van der Waals surface area contributed by atoms with Crippen LogP contribution in [0.15, 0.2) is 40.8 Å². The number of anilines is 1. The largest absolute Gasteiger partial charge is 0.508 e. The lowest BCUT2D eigenvalue weighted by Crippen LogP contribution is -2.38. The Morgan fingerprint density at radius 1 is 1.15 bits per heavy atom. The van der Waals surface area contributed by atoms with Gasteiger partial charge in [0.25, 0.3) is 0 Å². The maximum absolute atomic E-state index is 9.80. The molecule has 1 aromatic heterocycles. The van der Waals surface area contributed by atoms with Crippen LogP contribution in [0.4, 0.5) is 5.13 Å². The minimum absolute atomic E-state index is 0.0635. The van der Waals surface area contributed by atoms with Crippen molar-refractivity contribution >= 4 is 22.7 Å². The Morgan fingerprint density at radius 2 is 1.79 bits per heavy atom. The van der Waals surface area contributed by atoms with Crippen molar-refractivity contribution in [3.05, 3.63) is 69.2 Å². The zero-order chi connectivity index (χ0) is 24.2. The molecular formula is C26H33N3O3S. The topological polar surface area (TPSA) is 98.0 Å². The van der Waals surface area contributed by atoms with Gasteiger partial charge >= 0.3 is 0 Å². The zero-order valence-corrected chi connectivity index (χ0v) is 20.7. The predicted molar refractivity (Wildman–Crippen MR) is 136 cm³/mol. The molecule has 33 heavy (non-hydrogen) atoms. The first-order valence-electron chi connectivity index (χ1n) is 11.1. The number of thiazole rings is 1. The Balaban J connectivity index is 0.000000968. The summed E-state index contributed by atoms with van der Waals surface area (Å²) in [6.07, 6.45) is 3.67. The lowest BCUT2D eigenvalue weighted by Gasteiger charge is -2.47. The molecule has 6 nitrogen and oxygen atoms in total. The molecule has 4 N–H and O–H groups in total. The average Bonchev–Trinajstić information content (AvgIpc) is 3.17. The van der Waals surface area contributed by atoms with E-state index in [0.717, 1.165) is 23.7 Å². The number of hydrogen-bond donors (Lipinski definition) is 4. The van der Waals surface area contributed by atoms with Gasteiger partial charge in [-0.25, -0.2) is 4.98 Å². The standard InChI is InChI=1S/C24H27N3O2S.C2H6O/c1-14-7-15(2)22(16(3)8-14)24(4)10-18(11-24)20-13-30-23(26-20)27-25-12-17-9-19(28)5-6-21(17)29;1-2-3/h5-9,12-13,18,28-29H,10-11H2,1-4H3,(H,26,27);3H,2H2,1H3/b25-12+;. The molecule has 0 amide bonds. The fraction of sp³-hybridized carbons (Fsp3) is 0.385. The molecule has 1 saturated carbocycles. The van der Waals surface area contributed by atoms with E-state index in [-0.39, 0.29) is 23.5 Å². The van der Waals surface area contributed by atoms with E-state index >= 15 is 0 Å². The first-order chi connectivity index (χ1) is 15.7. The highest BCUT2D eigenvalue weighted by atomic mass is 32.1. The quantitative estimate of drug-likeness (QED) is 0.217. The van der Waals surface area contributed by atoms with Gasteiger partial charge < -0.3 is 15.3 Å². The van der Waals surface area contributed by atoms with Gasteiger partial charge in [0.1, 0.15) is 11.5 Å². The van der Waals surface area contributed by atoms with E-state index in [0.29, 0.717) is 11.5 Å². The van der Waals surface area contributed by atoms with Crippen molar-refractivity contribution in [3.8, 4) is 11.5 Å². The number of nitrogens with zero attached hydrogens (tertiary/aromatic N) is 2. The normalized spacial score (nSPS) is 19.6. The summed E-state index contributed by atoms with van der Waals surface area (Å²) in [7, 11) is 0. The summed E-state index contributed by atoms with van der Waals surface area (Å²) in [6, 6.07) is 8.89. The molecule has 1 aliphatic rings. The van der Waals surface area contributed by atoms with E-state index < -0.39 is 0 Å². The Kier molecular flexibility index (Phi) is 7.76. The van der Waals surface area contributed by atoms with Crippen molar-refractivity contribution in [2.45, 2.75) is 58.8 Å². The number of nitrogens with one attached hydrogen (secondary N) is 1. The highest BCUT2D eigenvalue weighted by Gasteiger charge is 2.44. The highest BCUT2D eigenvalue weighted by molar-refractivity contribution is 7.13. The molecule has 0 bridgehead atoms. The van der Waals surface area contributed by atoms with Crippen LogP contribution in [0.25, 0.3) is 0 Å². The third-order valence-electron chi connectivity index (χ3n) is 5.99. The number of rotatable bonds is 5. The molecule has 1 aliphatic carbocycles. The number of hydrazone groups is 1. The predicted octanol–water partition coefficient (Wildman–Crippen LogP) is 5.76. The SMILES string of the molecule is CCO.Cc1cc(C)c(C2(C)CC(c3csc(N/N=C/c4cc(O)ccc4O)n3)C2)c(C)c1. The number of aromatic hydroxyl groups is 2. The van der Waals surface area contributed by atoms with Crippen LogP contribution in [0.5, 0.6) is 11.5 Å². The molecule has 0 atom stereocenters. The summed E-state index contributed by atoms with van der Waals surface area (Å²) in [6.45, 7) is 10.9. The minimum atomic E-state index is 0.0635. The molecule has 0 aliphatic heterocycles. The number of phenols is 2. The van der Waals surface area contributed by atoms with Crippen LogP contribution in [0.2, 0.25) is 0 Å². The molecule has 4 rings (SSSR count). The van der Waals surface area contributed by atoms with Crippen molar-refractivity contribution in [2.75, 3.05) is 12.0 Å². The van der Waals surface area contributed by atoms with E-state index in [9.17, 15) is 10.2 Å². The van der Waals surface area contributed by atoms with Crippen LogP contribution in [-0.4, -0.2) is 33.1 Å². The van der Waals surface area contributed by atoms with Crippen LogP contribution in [0, 0.1) is 20.8 Å². The summed E-state index contributed by atoms with van der Waals surface area (Å²) in [4.78, 5) is 4.70. The van der Waals surface area contributed by atoms with Crippen molar-refractivity contribution in [3.63, 3.8) is 0 Å². The molecule has 0 spiro atoms. The first-order valence-corrected chi connectivity index (χ1v) is 12.0. The van der Waals surface area contributed by atoms with Gasteiger partial charge in [-0.05, 0) is 80.8 Å². The van der Waals surface area contributed by atoms with Crippen LogP contribution >= 0.6 is 11.3 Å². The first kappa shape index (κ1) is 24.7. The van der Waals surface area contributed by atoms with E-state index in [1.807, 2.05) is 0 Å². The summed E-state index contributed by atoms with van der Waals surface area (Å²) in [5, 5.41) is 33.9. The number of phenolic OH excluding ortho intramolecular Hbond substituents is 2. The van der Waals surface area contributed by atoms with Crippen molar-refractivity contribution in [1.29, 1.82) is 0 Å². The van der Waals surface area contributed by atoms with Gasteiger partial charge in [-0.15, -0.1) is 11.3 Å². The Labute approximate surface area is 199 Å². The third kappa shape index (κ3) is 5.72. The summed E-state index contributed by atoms with van der Waals surface area (Å²) in [5.41, 5.74) is 10.3. The van der Waals surface area contributed by atoms with Crippen molar-refractivity contribution in [1.82, 2.24) is 4.98 Å². The van der Waals surface area contributed by atoms with E-state index in [1.54, 1.807) is 6.92 Å². The molecule has 1 heterocycles. The number of aliphatic hydroxyl groups excluding tert-OH is 1. The third-order valence-corrected chi connectivity index (χ3v) is 6.75. The Bertz CT molecular complexity index is 1110. The number of benzene rings is 2. The van der Waals surface area contributed by atoms with Crippen LogP contribution in [0.3, 0.4) is 0 Å². The van der Waals surface area contributed by atoms with Crippen LogP contribution in [-0.2, 0) is 5.41 Å². The molecule has 2 aromatic carbocycles. The average molecular weight is 468 g/mol. The maximum Gasteiger partial charge on any atom is 0.203 e. The molecule has 7 heteroatoms. The van der Waals surface area contributed by atoms with Crippen molar-refractivity contribution in [2.24, 2.45) is 5.10 Å². The maximum atomic E-state index is 9.80. The van der Waals surface area contributed by atoms with E-state index in [1.165, 1.54) is 58.0 Å². The molecule has 1 fully saturated rings. The summed E-state index contributed by atoms with van der Waals surface area (Å²) < 4.78 is 0. The van der Waals surface area contributed by atoms with Gasteiger partial charge in [-0.1, -0.05) is 24.6 Å². The molecule has 0 saturated heterocycles. The molecule has 0 radical (unpaired) electrons. The van der Waals surface area contributed by atoms with Gasteiger partial charge in [-0.3, -0.25) is 5.43 Å². The second kappa shape index (κ2) is 10.4. The molecule has 176 valence electrons. The fourth-order valence-corrected chi connectivity index (χ4v) is 5.64. The summed E-state index contributed by atoms with van der Waals surface area (Å²) in [5.74, 6) is 0.604. The van der Waals surface area contributed by atoms with E-state index in [2.05, 4.69) is 55.7 Å². The van der Waals surface area contributed by atoms with Gasteiger partial charge in [-0.2, -0.15) is 5.10 Å². The van der Waals surface area contributed by atoms with Gasteiger partial charge in [0.2, 0.25) is 5.13 Å². The number of hydrogen-bond acceptors (Lipinski definition) is 7. The lowest BCUT2D eigenvalue weighted by atomic mass is 9.57. The van der Waals surface area contributed by atoms with Crippen LogP contribution < -0.4 is 5.43 Å². The lowest BCUT2D eigenvalue weighted by molar-refractivity contribution is 0.220. The van der Waals surface area contributed by atoms with Gasteiger partial charge in [0, 0.05) is 23.5 Å². The van der Waals surface area contributed by atoms with Gasteiger partial charge in [0.15, 0.2) is 0 Å². The number of aryl methyl sites for hydroxylation is 3. The van der Waals surface area contributed by atoms with Gasteiger partial charge in [0.05, 0.1) is 11.9 Å².